The molecule has 10 heteroatoms. The molecule has 0 aliphatic heterocycles. The van der Waals surface area contributed by atoms with Crippen molar-refractivity contribution in [2.24, 2.45) is 0 Å². The summed E-state index contributed by atoms with van der Waals surface area (Å²) in [6.45, 7) is 7.68. The standard InChI is InChI=1S/C24H28BrN7O2/c1-3-32(4-2)12-6-11-26-22(33)9-10-23(34)31-21-14-19-20(15-27-21)28-16-29-24(19)30-18-8-5-7-17(25)13-18/h5,7-10,13-16H,3-4,6,11-12H2,1-2H3,(H,26,33)(H,27,31,34)(H,28,29,30)/b10-9+. The maximum absolute atomic E-state index is 12.3. The predicted octanol–water partition coefficient (Wildman–Crippen LogP) is 3.87. The minimum absolute atomic E-state index is 0.310. The average Bonchev–Trinajstić information content (AvgIpc) is 2.83. The summed E-state index contributed by atoms with van der Waals surface area (Å²) in [4.78, 5) is 39.3. The zero-order valence-corrected chi connectivity index (χ0v) is 20.8. The number of anilines is 3. The first kappa shape index (κ1) is 25.3. The number of carbonyl (C=O) groups is 2. The second kappa shape index (κ2) is 12.8. The number of fused-ring (bicyclic) bond motifs is 1. The third-order valence-corrected chi connectivity index (χ3v) is 5.58. The van der Waals surface area contributed by atoms with Crippen molar-refractivity contribution in [1.29, 1.82) is 0 Å². The molecule has 3 rings (SSSR count). The Kier molecular flexibility index (Phi) is 9.48. The lowest BCUT2D eigenvalue weighted by atomic mass is 10.2. The summed E-state index contributed by atoms with van der Waals surface area (Å²) in [7, 11) is 0. The molecule has 0 aliphatic carbocycles. The Labute approximate surface area is 207 Å². The van der Waals surface area contributed by atoms with Gasteiger partial charge in [0.05, 0.1) is 11.7 Å². The number of carbonyl (C=O) groups excluding carboxylic acids is 2. The van der Waals surface area contributed by atoms with Crippen molar-refractivity contribution in [3.05, 3.63) is 59.5 Å². The van der Waals surface area contributed by atoms with Gasteiger partial charge >= 0.3 is 0 Å². The van der Waals surface area contributed by atoms with Crippen LogP contribution in [-0.2, 0) is 9.59 Å². The zero-order chi connectivity index (χ0) is 24.3. The molecular weight excluding hydrogens is 498 g/mol. The SMILES string of the molecule is CCN(CC)CCCNC(=O)/C=C/C(=O)Nc1cc2c(Nc3cccc(Br)c3)ncnc2cn1. The fourth-order valence-electron chi connectivity index (χ4n) is 3.26. The van der Waals surface area contributed by atoms with Crippen molar-refractivity contribution in [1.82, 2.24) is 25.2 Å². The number of hydrogen-bond donors (Lipinski definition) is 3. The lowest BCUT2D eigenvalue weighted by Gasteiger charge is -2.17. The van der Waals surface area contributed by atoms with Crippen molar-refractivity contribution in [3.8, 4) is 0 Å². The third kappa shape index (κ3) is 7.60. The fourth-order valence-corrected chi connectivity index (χ4v) is 3.66. The molecule has 178 valence electrons. The lowest BCUT2D eigenvalue weighted by molar-refractivity contribution is -0.117. The Morgan fingerprint density at radius 1 is 1.06 bits per heavy atom. The van der Waals surface area contributed by atoms with Crippen LogP contribution in [0.2, 0.25) is 0 Å². The molecule has 2 heterocycles. The number of benzene rings is 1. The first-order valence-corrected chi connectivity index (χ1v) is 11.9. The molecular formula is C24H28BrN7O2. The molecule has 2 aromatic heterocycles. The molecule has 0 spiro atoms. The normalized spacial score (nSPS) is 11.2. The molecule has 1 aromatic carbocycles. The molecule has 3 N–H and O–H groups in total. The van der Waals surface area contributed by atoms with Gasteiger partial charge in [-0.1, -0.05) is 35.8 Å². The summed E-state index contributed by atoms with van der Waals surface area (Å²) >= 11 is 3.45. The monoisotopic (exact) mass is 525 g/mol. The first-order valence-electron chi connectivity index (χ1n) is 11.1. The molecule has 0 radical (unpaired) electrons. The molecule has 0 unspecified atom stereocenters. The van der Waals surface area contributed by atoms with E-state index >= 15 is 0 Å². The van der Waals surface area contributed by atoms with Crippen LogP contribution >= 0.6 is 15.9 Å². The molecule has 9 nitrogen and oxygen atoms in total. The lowest BCUT2D eigenvalue weighted by Crippen LogP contribution is -2.29. The van der Waals surface area contributed by atoms with E-state index in [1.807, 2.05) is 24.3 Å². The van der Waals surface area contributed by atoms with Crippen molar-refractivity contribution in [2.45, 2.75) is 20.3 Å². The van der Waals surface area contributed by atoms with Crippen molar-refractivity contribution in [3.63, 3.8) is 0 Å². The molecule has 0 fully saturated rings. The third-order valence-electron chi connectivity index (χ3n) is 5.09. The molecule has 34 heavy (non-hydrogen) atoms. The van der Waals surface area contributed by atoms with Crippen molar-refractivity contribution >= 4 is 56.0 Å². The van der Waals surface area contributed by atoms with E-state index in [1.165, 1.54) is 18.5 Å². The quantitative estimate of drug-likeness (QED) is 0.257. The summed E-state index contributed by atoms with van der Waals surface area (Å²) in [5.41, 5.74) is 1.48. The number of pyridine rings is 1. The van der Waals surface area contributed by atoms with Crippen molar-refractivity contribution < 1.29 is 9.59 Å². The van der Waals surface area contributed by atoms with Crippen LogP contribution in [0.5, 0.6) is 0 Å². The highest BCUT2D eigenvalue weighted by Crippen LogP contribution is 2.25. The van der Waals surface area contributed by atoms with Crippen LogP contribution < -0.4 is 16.0 Å². The Bertz CT molecular complexity index is 1170. The molecule has 2 amide bonds. The van der Waals surface area contributed by atoms with Gasteiger partial charge in [0.15, 0.2) is 0 Å². The Morgan fingerprint density at radius 2 is 1.85 bits per heavy atom. The van der Waals surface area contributed by atoms with E-state index in [1.54, 1.807) is 12.3 Å². The Balaban J connectivity index is 1.59. The summed E-state index contributed by atoms with van der Waals surface area (Å²) < 4.78 is 0.935. The fraction of sp³-hybridized carbons (Fsp3) is 0.292. The zero-order valence-electron chi connectivity index (χ0n) is 19.2. The van der Waals surface area contributed by atoms with Gasteiger partial charge in [-0.15, -0.1) is 0 Å². The van der Waals surface area contributed by atoms with Gasteiger partial charge in [-0.25, -0.2) is 15.0 Å². The van der Waals surface area contributed by atoms with Crippen LogP contribution in [0.25, 0.3) is 10.9 Å². The topological polar surface area (TPSA) is 112 Å². The van der Waals surface area contributed by atoms with Crippen molar-refractivity contribution in [2.75, 3.05) is 36.8 Å². The molecule has 0 saturated carbocycles. The van der Waals surface area contributed by atoms with E-state index < -0.39 is 5.91 Å². The number of rotatable bonds is 11. The van der Waals surface area contributed by atoms with Gasteiger partial charge in [0.25, 0.3) is 0 Å². The largest absolute Gasteiger partial charge is 0.353 e. The van der Waals surface area contributed by atoms with E-state index in [9.17, 15) is 9.59 Å². The summed E-state index contributed by atoms with van der Waals surface area (Å²) in [5.74, 6) is 0.146. The average molecular weight is 526 g/mol. The second-order valence-corrected chi connectivity index (χ2v) is 8.35. The number of amides is 2. The number of aromatic nitrogens is 3. The minimum Gasteiger partial charge on any atom is -0.353 e. The van der Waals surface area contributed by atoms with E-state index in [-0.39, 0.29) is 5.91 Å². The highest BCUT2D eigenvalue weighted by atomic mass is 79.9. The highest BCUT2D eigenvalue weighted by Gasteiger charge is 2.08. The van der Waals surface area contributed by atoms with Gasteiger partial charge in [0.2, 0.25) is 11.8 Å². The van der Waals surface area contributed by atoms with Gasteiger partial charge in [-0.3, -0.25) is 9.59 Å². The highest BCUT2D eigenvalue weighted by molar-refractivity contribution is 9.10. The number of halogens is 1. The van der Waals surface area contributed by atoms with Crippen LogP contribution in [0.3, 0.4) is 0 Å². The van der Waals surface area contributed by atoms with E-state index in [4.69, 9.17) is 0 Å². The van der Waals surface area contributed by atoms with Gasteiger partial charge in [-0.05, 0) is 50.3 Å². The Hall–Kier alpha value is -3.37. The van der Waals surface area contributed by atoms with Gasteiger partial charge in [0, 0.05) is 34.2 Å². The van der Waals surface area contributed by atoms with Crippen LogP contribution in [0.4, 0.5) is 17.3 Å². The van der Waals surface area contributed by atoms with Gasteiger partial charge in [-0.2, -0.15) is 0 Å². The first-order chi connectivity index (χ1) is 16.5. The molecule has 0 atom stereocenters. The molecule has 0 aliphatic rings. The van der Waals surface area contributed by atoms with Crippen LogP contribution in [-0.4, -0.2) is 57.8 Å². The van der Waals surface area contributed by atoms with Crippen LogP contribution in [0.1, 0.15) is 20.3 Å². The molecule has 3 aromatic rings. The van der Waals surface area contributed by atoms with E-state index in [0.29, 0.717) is 29.1 Å². The summed E-state index contributed by atoms with van der Waals surface area (Å²) in [5, 5.41) is 9.41. The van der Waals surface area contributed by atoms with Gasteiger partial charge < -0.3 is 20.9 Å². The number of nitrogens with one attached hydrogen (secondary N) is 3. The molecule has 0 saturated heterocycles. The minimum atomic E-state index is -0.455. The predicted molar refractivity (Wildman–Crippen MR) is 138 cm³/mol. The summed E-state index contributed by atoms with van der Waals surface area (Å²) in [6, 6.07) is 9.38. The second-order valence-electron chi connectivity index (χ2n) is 7.44. The molecule has 0 bridgehead atoms. The number of nitrogens with zero attached hydrogens (tertiary/aromatic N) is 4. The maximum Gasteiger partial charge on any atom is 0.249 e. The van der Waals surface area contributed by atoms with Crippen LogP contribution in [0, 0.1) is 0 Å². The Morgan fingerprint density at radius 3 is 2.62 bits per heavy atom. The van der Waals surface area contributed by atoms with E-state index in [2.05, 4.69) is 65.6 Å². The smallest absolute Gasteiger partial charge is 0.249 e. The van der Waals surface area contributed by atoms with Crippen LogP contribution in [0.15, 0.2) is 59.5 Å². The van der Waals surface area contributed by atoms with E-state index in [0.717, 1.165) is 36.2 Å². The summed E-state index contributed by atoms with van der Waals surface area (Å²) in [6.07, 6.45) is 6.27. The number of hydrogen-bond acceptors (Lipinski definition) is 7. The van der Waals surface area contributed by atoms with Gasteiger partial charge in [0.1, 0.15) is 18.0 Å². The maximum atomic E-state index is 12.3.